The summed E-state index contributed by atoms with van der Waals surface area (Å²) in [4.78, 5) is 0. The molecule has 0 saturated heterocycles. The second-order valence-electron chi connectivity index (χ2n) is 4.31. The van der Waals surface area contributed by atoms with E-state index in [0.29, 0.717) is 0 Å². The van der Waals surface area contributed by atoms with E-state index in [9.17, 15) is 4.55 Å². The van der Waals surface area contributed by atoms with Crippen LogP contribution in [0.25, 0.3) is 0 Å². The van der Waals surface area contributed by atoms with Gasteiger partial charge in [0.25, 0.3) is 0 Å². The van der Waals surface area contributed by atoms with Crippen LogP contribution in [0.5, 0.6) is 0 Å². The second kappa shape index (κ2) is 4.55. The van der Waals surface area contributed by atoms with E-state index in [1.54, 1.807) is 6.26 Å². The lowest BCUT2D eigenvalue weighted by Crippen LogP contribution is -2.48. The van der Waals surface area contributed by atoms with Crippen LogP contribution in [0.2, 0.25) is 0 Å². The molecule has 2 unspecified atom stereocenters. The number of allylic oxidation sites excluding steroid dienone is 1. The van der Waals surface area contributed by atoms with E-state index in [4.69, 9.17) is 9.88 Å². The third-order valence-electron chi connectivity index (χ3n) is 3.14. The van der Waals surface area contributed by atoms with E-state index >= 15 is 0 Å². The molecule has 2 N–H and O–H groups in total. The maximum absolute atomic E-state index is 11.4. The van der Waals surface area contributed by atoms with Gasteiger partial charge in [-0.05, 0) is 32.8 Å². The summed E-state index contributed by atoms with van der Waals surface area (Å²) in [7, 11) is 0. The zero-order valence-corrected chi connectivity index (χ0v) is 9.84. The molecule has 0 saturated carbocycles. The SMILES string of the molecule is CC([C@@H]1CCC=CO1)C(C)(C)[S+](N)[O-]. The van der Waals surface area contributed by atoms with E-state index < -0.39 is 16.1 Å². The second-order valence-corrected chi connectivity index (χ2v) is 5.96. The van der Waals surface area contributed by atoms with Crippen molar-refractivity contribution >= 4 is 11.4 Å². The highest BCUT2D eigenvalue weighted by molar-refractivity contribution is 7.90. The van der Waals surface area contributed by atoms with Crippen molar-refractivity contribution in [1.82, 2.24) is 0 Å². The van der Waals surface area contributed by atoms with Gasteiger partial charge in [0, 0.05) is 17.3 Å². The van der Waals surface area contributed by atoms with Crippen molar-refractivity contribution in [2.24, 2.45) is 11.1 Å². The highest BCUT2D eigenvalue weighted by atomic mass is 32.2. The first kappa shape index (κ1) is 11.9. The third-order valence-corrected chi connectivity index (χ3v) is 4.55. The van der Waals surface area contributed by atoms with Crippen LogP contribution in [0, 0.1) is 5.92 Å². The summed E-state index contributed by atoms with van der Waals surface area (Å²) in [5.41, 5.74) is 0. The molecular weight excluding hydrogens is 198 g/mol. The minimum atomic E-state index is -1.31. The fourth-order valence-electron chi connectivity index (χ4n) is 1.55. The number of nitrogens with two attached hydrogens (primary N) is 1. The smallest absolute Gasteiger partial charge is 0.145 e. The van der Waals surface area contributed by atoms with Gasteiger partial charge >= 0.3 is 0 Å². The summed E-state index contributed by atoms with van der Waals surface area (Å²) < 4.78 is 16.5. The summed E-state index contributed by atoms with van der Waals surface area (Å²) in [5.74, 6) is 0.193. The van der Waals surface area contributed by atoms with Gasteiger partial charge in [0.05, 0.1) is 6.26 Å². The molecule has 0 radical (unpaired) electrons. The van der Waals surface area contributed by atoms with Gasteiger partial charge in [0.2, 0.25) is 0 Å². The van der Waals surface area contributed by atoms with Crippen molar-refractivity contribution in [3.05, 3.63) is 12.3 Å². The van der Waals surface area contributed by atoms with Crippen LogP contribution in [0.15, 0.2) is 12.3 Å². The van der Waals surface area contributed by atoms with Crippen LogP contribution in [-0.2, 0) is 16.1 Å². The van der Waals surface area contributed by atoms with E-state index in [1.807, 2.05) is 19.9 Å². The van der Waals surface area contributed by atoms with Crippen LogP contribution in [-0.4, -0.2) is 15.4 Å². The lowest BCUT2D eigenvalue weighted by atomic mass is 9.88. The van der Waals surface area contributed by atoms with Crippen LogP contribution in [0.4, 0.5) is 0 Å². The molecule has 4 heteroatoms. The lowest BCUT2D eigenvalue weighted by Gasteiger charge is -2.36. The molecule has 14 heavy (non-hydrogen) atoms. The Morgan fingerprint density at radius 3 is 2.71 bits per heavy atom. The molecule has 1 rings (SSSR count). The van der Waals surface area contributed by atoms with Crippen molar-refractivity contribution < 1.29 is 9.29 Å². The fourth-order valence-corrected chi connectivity index (χ4v) is 2.07. The number of ether oxygens (including phenoxy) is 1. The Kier molecular flexibility index (Phi) is 3.86. The molecule has 0 amide bonds. The molecule has 82 valence electrons. The molecule has 3 atom stereocenters. The molecule has 0 bridgehead atoms. The van der Waals surface area contributed by atoms with Gasteiger partial charge in [-0.25, -0.2) is 0 Å². The molecule has 0 spiro atoms. The van der Waals surface area contributed by atoms with Crippen LogP contribution >= 0.6 is 0 Å². The van der Waals surface area contributed by atoms with Gasteiger partial charge < -0.3 is 9.29 Å². The Morgan fingerprint density at radius 2 is 2.29 bits per heavy atom. The average Bonchev–Trinajstić information content (AvgIpc) is 2.17. The molecule has 0 aliphatic carbocycles. The highest BCUT2D eigenvalue weighted by Gasteiger charge is 2.41. The van der Waals surface area contributed by atoms with Gasteiger partial charge in [-0.2, -0.15) is 5.14 Å². The maximum Gasteiger partial charge on any atom is 0.145 e. The van der Waals surface area contributed by atoms with E-state index in [0.717, 1.165) is 12.8 Å². The van der Waals surface area contributed by atoms with Crippen molar-refractivity contribution in [2.75, 3.05) is 0 Å². The predicted octanol–water partition coefficient (Wildman–Crippen LogP) is 1.72. The highest BCUT2D eigenvalue weighted by Crippen LogP contribution is 2.31. The number of rotatable bonds is 3. The topological polar surface area (TPSA) is 58.3 Å². The lowest BCUT2D eigenvalue weighted by molar-refractivity contribution is 0.0617. The van der Waals surface area contributed by atoms with Crippen molar-refractivity contribution in [3.8, 4) is 0 Å². The van der Waals surface area contributed by atoms with Gasteiger partial charge in [-0.3, -0.25) is 0 Å². The Bertz CT molecular complexity index is 216. The first-order valence-electron chi connectivity index (χ1n) is 4.93. The molecular formula is C10H19NO2S. The summed E-state index contributed by atoms with van der Waals surface area (Å²) in [5, 5.41) is 5.48. The van der Waals surface area contributed by atoms with Crippen LogP contribution < -0.4 is 5.14 Å². The normalized spacial score (nSPS) is 26.8. The Balaban J connectivity index is 2.63. The monoisotopic (exact) mass is 217 g/mol. The Hall–Kier alpha value is -0.190. The molecule has 1 aliphatic heterocycles. The largest absolute Gasteiger partial charge is 0.598 e. The third kappa shape index (κ3) is 2.43. The first-order valence-corrected chi connectivity index (χ1v) is 6.14. The van der Waals surface area contributed by atoms with Crippen molar-refractivity contribution in [2.45, 2.75) is 44.5 Å². The fraction of sp³-hybridized carbons (Fsp3) is 0.800. The minimum absolute atomic E-state index is 0.141. The molecule has 0 aromatic rings. The zero-order valence-electron chi connectivity index (χ0n) is 9.03. The van der Waals surface area contributed by atoms with E-state index in [2.05, 4.69) is 6.92 Å². The average molecular weight is 217 g/mol. The van der Waals surface area contributed by atoms with Crippen LogP contribution in [0.1, 0.15) is 33.6 Å². The number of hydrogen-bond donors (Lipinski definition) is 1. The van der Waals surface area contributed by atoms with Crippen molar-refractivity contribution in [3.63, 3.8) is 0 Å². The zero-order chi connectivity index (χ0) is 10.8. The van der Waals surface area contributed by atoms with Crippen molar-refractivity contribution in [1.29, 1.82) is 0 Å². The quantitative estimate of drug-likeness (QED) is 0.732. The summed E-state index contributed by atoms with van der Waals surface area (Å²) in [6.45, 7) is 5.90. The van der Waals surface area contributed by atoms with Crippen LogP contribution in [0.3, 0.4) is 0 Å². The molecule has 0 aromatic carbocycles. The van der Waals surface area contributed by atoms with E-state index in [-0.39, 0.29) is 12.0 Å². The molecule has 0 fully saturated rings. The summed E-state index contributed by atoms with van der Waals surface area (Å²) in [6.07, 6.45) is 5.90. The standard InChI is InChI=1S/C10H19NO2S/c1-8(10(2,3)14(11)12)9-6-4-5-7-13-9/h5,7-9H,4,6,11H2,1-3H3/t8?,9-,14?/m0/s1. The Morgan fingerprint density at radius 1 is 1.64 bits per heavy atom. The minimum Gasteiger partial charge on any atom is -0.598 e. The molecule has 1 aliphatic rings. The maximum atomic E-state index is 11.4. The molecule has 3 nitrogen and oxygen atoms in total. The van der Waals surface area contributed by atoms with Gasteiger partial charge in [0.15, 0.2) is 0 Å². The van der Waals surface area contributed by atoms with E-state index in [1.165, 1.54) is 0 Å². The first-order chi connectivity index (χ1) is 6.46. The summed E-state index contributed by atoms with van der Waals surface area (Å²) >= 11 is -1.31. The Labute approximate surface area is 89.0 Å². The van der Waals surface area contributed by atoms with Gasteiger partial charge in [-0.1, -0.05) is 6.92 Å². The molecule has 0 aromatic heterocycles. The predicted molar refractivity (Wildman–Crippen MR) is 58.8 cm³/mol. The summed E-state index contributed by atoms with van der Waals surface area (Å²) in [6, 6.07) is 0. The van der Waals surface area contributed by atoms with Gasteiger partial charge in [-0.15, -0.1) is 0 Å². The molecule has 1 heterocycles. The number of hydrogen-bond acceptors (Lipinski definition) is 3. The van der Waals surface area contributed by atoms with Gasteiger partial charge in [0.1, 0.15) is 10.9 Å².